The van der Waals surface area contributed by atoms with Crippen molar-refractivity contribution in [2.24, 2.45) is 18.8 Å². The molecular weight excluding hydrogens is 384 g/mol. The van der Waals surface area contributed by atoms with Gasteiger partial charge in [0.05, 0.1) is 0 Å². The van der Waals surface area contributed by atoms with E-state index in [-0.39, 0.29) is 0 Å². The van der Waals surface area contributed by atoms with E-state index in [0.717, 1.165) is 13.1 Å². The predicted molar refractivity (Wildman–Crippen MR) is 74.7 cm³/mol. The summed E-state index contributed by atoms with van der Waals surface area (Å²) >= 11 is -0.647. The van der Waals surface area contributed by atoms with E-state index in [4.69, 9.17) is 0 Å². The van der Waals surface area contributed by atoms with Crippen molar-refractivity contribution < 1.29 is 18.2 Å². The Hall–Kier alpha value is 0.208. The molecule has 17 heavy (non-hydrogen) atoms. The summed E-state index contributed by atoms with van der Waals surface area (Å²) in [6.45, 7) is 10.8. The number of nitrogens with zero attached hydrogens (tertiary/aromatic N) is 4. The van der Waals surface area contributed by atoms with Crippen LogP contribution < -0.4 is 0 Å². The van der Waals surface area contributed by atoms with Gasteiger partial charge in [0.1, 0.15) is 0 Å². The molecule has 0 bridgehead atoms. The minimum Gasteiger partial charge on any atom is -0.668 e. The van der Waals surface area contributed by atoms with E-state index in [2.05, 4.69) is 45.3 Å². The summed E-state index contributed by atoms with van der Waals surface area (Å²) in [6.07, 6.45) is 0. The van der Waals surface area contributed by atoms with Crippen molar-refractivity contribution in [1.82, 2.24) is 0 Å². The van der Waals surface area contributed by atoms with E-state index in [1.54, 1.807) is 28.2 Å². The van der Waals surface area contributed by atoms with Gasteiger partial charge in [-0.25, -0.2) is 0 Å². The molecule has 0 heterocycles. The Morgan fingerprint density at radius 3 is 1.18 bits per heavy atom. The van der Waals surface area contributed by atoms with Crippen LogP contribution in [0.2, 0.25) is 0 Å². The fourth-order valence-corrected chi connectivity index (χ4v) is 3.32. The number of hydrogen-bond acceptors (Lipinski definition) is 2. The minimum absolute atomic E-state index is 0.647. The van der Waals surface area contributed by atoms with E-state index in [1.165, 1.54) is 0 Å². The Morgan fingerprint density at radius 2 is 1.00 bits per heavy atom. The third-order valence-electron chi connectivity index (χ3n) is 0.995. The molecule has 0 fully saturated rings. The molecule has 0 aliphatic heterocycles. The Morgan fingerprint density at radius 1 is 0.765 bits per heavy atom. The van der Waals surface area contributed by atoms with E-state index in [1.807, 2.05) is 0 Å². The molecule has 0 radical (unpaired) electrons. The van der Waals surface area contributed by atoms with Crippen molar-refractivity contribution in [2.45, 2.75) is 27.7 Å². The predicted octanol–water partition coefficient (Wildman–Crippen LogP) is 3.99. The van der Waals surface area contributed by atoms with Gasteiger partial charge in [-0.15, -0.1) is 0 Å². The van der Waals surface area contributed by atoms with E-state index < -0.39 is 18.2 Å². The monoisotopic (exact) mass is 414 g/mol. The molecule has 0 unspecified atom stereocenters. The van der Waals surface area contributed by atoms with Gasteiger partial charge in [0.2, 0.25) is 0 Å². The summed E-state index contributed by atoms with van der Waals surface area (Å²) in [6, 6.07) is 0. The Bertz CT molecular complexity index is 159. The van der Waals surface area contributed by atoms with Crippen LogP contribution in [0.1, 0.15) is 27.7 Å². The topological polar surface area (TPSA) is 52.9 Å². The quantitative estimate of drug-likeness (QED) is 0.668. The molecule has 0 aliphatic carbocycles. The molecule has 106 valence electrons. The standard InChI is InChI=1S/2C4H9N.2C2H6N.W/c2*1-4(2)3-5;2*1-3-2;/h2*4H,3H2,1-2H3;2*1-2H3;/q;;2*-1;. The zero-order valence-electron chi connectivity index (χ0n) is 12.8. The van der Waals surface area contributed by atoms with Crippen LogP contribution >= 0.6 is 0 Å². The van der Waals surface area contributed by atoms with Crippen molar-refractivity contribution in [3.05, 3.63) is 10.6 Å². The zero-order valence-corrected chi connectivity index (χ0v) is 15.7. The summed E-state index contributed by atoms with van der Waals surface area (Å²) in [4.78, 5) is 0. The first kappa shape index (κ1) is 22.4. The van der Waals surface area contributed by atoms with Crippen LogP contribution in [0, 0.1) is 11.8 Å². The second kappa shape index (κ2) is 21.5. The van der Waals surface area contributed by atoms with Gasteiger partial charge in [-0.3, -0.25) is 0 Å². The van der Waals surface area contributed by atoms with E-state index in [0.29, 0.717) is 11.8 Å². The first-order chi connectivity index (χ1) is 7.95. The molecule has 0 aromatic carbocycles. The molecule has 0 saturated heterocycles. The van der Waals surface area contributed by atoms with Gasteiger partial charge in [0.15, 0.2) is 0 Å². The molecule has 0 spiro atoms. The molecule has 4 nitrogen and oxygen atoms in total. The molecule has 0 aromatic rings. The van der Waals surface area contributed by atoms with Crippen LogP contribution in [0.4, 0.5) is 0 Å². The average Bonchev–Trinajstić information content (AvgIpc) is 2.18. The van der Waals surface area contributed by atoms with Crippen molar-refractivity contribution in [1.29, 1.82) is 0 Å². The zero-order chi connectivity index (χ0) is 14.1. The van der Waals surface area contributed by atoms with Gasteiger partial charge in [-0.1, -0.05) is 0 Å². The maximum absolute atomic E-state index is 4.44. The molecule has 0 amide bonds. The second-order valence-corrected chi connectivity index (χ2v) is 6.83. The summed E-state index contributed by atoms with van der Waals surface area (Å²) in [7, 11) is 7.00. The average molecular weight is 414 g/mol. The molecule has 0 saturated carbocycles. The van der Waals surface area contributed by atoms with Crippen LogP contribution in [-0.4, -0.2) is 41.3 Å². The van der Waals surface area contributed by atoms with Gasteiger partial charge in [-0.2, -0.15) is 28.2 Å². The Labute approximate surface area is 117 Å². The minimum atomic E-state index is -0.647. The van der Waals surface area contributed by atoms with Crippen LogP contribution in [0.25, 0.3) is 10.6 Å². The van der Waals surface area contributed by atoms with Gasteiger partial charge >= 0.3 is 77.8 Å². The van der Waals surface area contributed by atoms with Crippen LogP contribution in [-0.2, 0) is 18.2 Å². The van der Waals surface area contributed by atoms with Crippen molar-refractivity contribution in [3.8, 4) is 0 Å². The molecule has 0 aromatic heterocycles. The van der Waals surface area contributed by atoms with E-state index in [9.17, 15) is 0 Å². The summed E-state index contributed by atoms with van der Waals surface area (Å²) in [5.74, 6) is 1.42. The second-order valence-electron chi connectivity index (χ2n) is 4.39. The number of rotatable bonds is 4. The maximum atomic E-state index is 4.44. The third kappa shape index (κ3) is 48.6. The molecule has 5 heteroatoms. The fraction of sp³-hybridized carbons (Fsp3) is 1.00. The van der Waals surface area contributed by atoms with Crippen molar-refractivity contribution in [3.63, 3.8) is 0 Å². The van der Waals surface area contributed by atoms with Crippen molar-refractivity contribution in [2.75, 3.05) is 41.3 Å². The normalized spacial score (nSPS) is 8.82. The van der Waals surface area contributed by atoms with Crippen LogP contribution in [0.5, 0.6) is 0 Å². The van der Waals surface area contributed by atoms with Gasteiger partial charge in [0.25, 0.3) is 0 Å². The maximum Gasteiger partial charge on any atom is -0.162 e. The Kier molecular flexibility index (Phi) is 28.3. The number of hydrogen-bond donors (Lipinski definition) is 0. The van der Waals surface area contributed by atoms with Gasteiger partial charge < -0.3 is 10.6 Å². The van der Waals surface area contributed by atoms with Gasteiger partial charge in [0, 0.05) is 0 Å². The molecular formula is C12H30N4W-2. The SMILES string of the molecule is CC(C)C[N]=[W]=[N]CC(C)C.C[N-]C.C[N-]C. The smallest absolute Gasteiger partial charge is 0.162 e. The molecule has 0 N–H and O–H groups in total. The van der Waals surface area contributed by atoms with Gasteiger partial charge in [-0.05, 0) is 0 Å². The third-order valence-corrected chi connectivity index (χ3v) is 2.90. The Balaban J connectivity index is -0.000000273. The summed E-state index contributed by atoms with van der Waals surface area (Å²) in [5.41, 5.74) is 0. The molecule has 0 atom stereocenters. The van der Waals surface area contributed by atoms with Crippen molar-refractivity contribution >= 4 is 0 Å². The van der Waals surface area contributed by atoms with Crippen LogP contribution in [0.15, 0.2) is 6.99 Å². The molecule has 0 rings (SSSR count). The molecule has 0 aliphatic rings. The summed E-state index contributed by atoms with van der Waals surface area (Å²) in [5, 5.41) is 7.00. The first-order valence-electron chi connectivity index (χ1n) is 5.91. The largest absolute Gasteiger partial charge is 0.668 e. The summed E-state index contributed by atoms with van der Waals surface area (Å²) < 4.78 is 8.89. The van der Waals surface area contributed by atoms with E-state index >= 15 is 0 Å². The van der Waals surface area contributed by atoms with Crippen LogP contribution in [0.3, 0.4) is 0 Å². The first-order valence-corrected chi connectivity index (χ1v) is 8.54. The fourth-order valence-electron chi connectivity index (χ4n) is 0.406.